The van der Waals surface area contributed by atoms with Crippen molar-refractivity contribution >= 4 is 11.8 Å². The molecule has 2 fully saturated rings. The first-order valence-corrected chi connectivity index (χ1v) is 6.73. The molecule has 2 heterocycles. The summed E-state index contributed by atoms with van der Waals surface area (Å²) in [5.74, 6) is 0. The number of ether oxygens (including phenoxy) is 1. The first-order valence-electron chi connectivity index (χ1n) is 6.73. The number of benzene rings is 1. The van der Waals surface area contributed by atoms with Gasteiger partial charge in [-0.3, -0.25) is 4.90 Å². The maximum Gasteiger partial charge on any atom is 0.415 e. The van der Waals surface area contributed by atoms with E-state index in [1.165, 1.54) is 0 Å². The van der Waals surface area contributed by atoms with Gasteiger partial charge in [0.25, 0.3) is 0 Å². The zero-order valence-electron chi connectivity index (χ0n) is 10.9. The van der Waals surface area contributed by atoms with Crippen LogP contribution in [-0.4, -0.2) is 31.3 Å². The van der Waals surface area contributed by atoms with E-state index in [2.05, 4.69) is 5.32 Å². The SMILES string of the molecule is NCc1ccccc1N1CC2(CCNCC2)OC1=O. The second-order valence-corrected chi connectivity index (χ2v) is 5.22. The van der Waals surface area contributed by atoms with E-state index in [1.807, 2.05) is 24.3 Å². The number of piperidine rings is 1. The van der Waals surface area contributed by atoms with Crippen LogP contribution in [0.4, 0.5) is 10.5 Å². The van der Waals surface area contributed by atoms with Crippen LogP contribution >= 0.6 is 0 Å². The number of nitrogens with two attached hydrogens (primary N) is 1. The van der Waals surface area contributed by atoms with Crippen LogP contribution in [0.3, 0.4) is 0 Å². The fourth-order valence-corrected chi connectivity index (χ4v) is 2.90. The lowest BCUT2D eigenvalue weighted by Crippen LogP contribution is -2.45. The molecule has 102 valence electrons. The summed E-state index contributed by atoms with van der Waals surface area (Å²) >= 11 is 0. The summed E-state index contributed by atoms with van der Waals surface area (Å²) in [6.45, 7) is 2.86. The van der Waals surface area contributed by atoms with Crippen LogP contribution in [0.15, 0.2) is 24.3 Å². The molecule has 2 aliphatic heterocycles. The number of rotatable bonds is 2. The van der Waals surface area contributed by atoms with Crippen LogP contribution < -0.4 is 16.0 Å². The Hall–Kier alpha value is -1.59. The second-order valence-electron chi connectivity index (χ2n) is 5.22. The molecule has 0 aliphatic carbocycles. The minimum Gasteiger partial charge on any atom is -0.441 e. The molecule has 0 bridgehead atoms. The molecule has 19 heavy (non-hydrogen) atoms. The number of nitrogens with one attached hydrogen (secondary N) is 1. The molecule has 2 aliphatic rings. The van der Waals surface area contributed by atoms with Gasteiger partial charge in [-0.1, -0.05) is 18.2 Å². The third-order valence-corrected chi connectivity index (χ3v) is 3.99. The summed E-state index contributed by atoms with van der Waals surface area (Å²) in [6.07, 6.45) is 1.50. The molecule has 3 N–H and O–H groups in total. The normalized spacial score (nSPS) is 21.7. The van der Waals surface area contributed by atoms with Crippen LogP contribution in [0, 0.1) is 0 Å². The van der Waals surface area contributed by atoms with Crippen molar-refractivity contribution in [3.8, 4) is 0 Å². The van der Waals surface area contributed by atoms with Gasteiger partial charge in [0.1, 0.15) is 5.60 Å². The summed E-state index contributed by atoms with van der Waals surface area (Å²) in [5.41, 5.74) is 7.29. The Bertz CT molecular complexity index is 483. The lowest BCUT2D eigenvalue weighted by Gasteiger charge is -2.31. The summed E-state index contributed by atoms with van der Waals surface area (Å²) in [4.78, 5) is 13.9. The number of carbonyl (C=O) groups excluding carboxylic acids is 1. The average Bonchev–Trinajstić information content (AvgIpc) is 2.76. The van der Waals surface area contributed by atoms with Gasteiger partial charge in [-0.15, -0.1) is 0 Å². The van der Waals surface area contributed by atoms with E-state index in [4.69, 9.17) is 10.5 Å². The van der Waals surface area contributed by atoms with E-state index < -0.39 is 0 Å². The number of amides is 1. The highest BCUT2D eigenvalue weighted by molar-refractivity contribution is 5.91. The number of nitrogens with zero attached hydrogens (tertiary/aromatic N) is 1. The predicted molar refractivity (Wildman–Crippen MR) is 73.0 cm³/mol. The maximum absolute atomic E-state index is 12.2. The van der Waals surface area contributed by atoms with Gasteiger partial charge in [0.05, 0.1) is 12.2 Å². The molecule has 0 saturated carbocycles. The molecule has 5 heteroatoms. The zero-order chi connectivity index (χ0) is 13.3. The zero-order valence-corrected chi connectivity index (χ0v) is 10.9. The Morgan fingerprint density at radius 3 is 2.79 bits per heavy atom. The topological polar surface area (TPSA) is 67.6 Å². The number of para-hydroxylation sites is 1. The van der Waals surface area contributed by atoms with Crippen molar-refractivity contribution < 1.29 is 9.53 Å². The van der Waals surface area contributed by atoms with Crippen molar-refractivity contribution in [1.29, 1.82) is 0 Å². The molecular formula is C14H19N3O2. The fraction of sp³-hybridized carbons (Fsp3) is 0.500. The summed E-state index contributed by atoms with van der Waals surface area (Å²) in [6, 6.07) is 7.75. The third kappa shape index (κ3) is 2.19. The standard InChI is InChI=1S/C14H19N3O2/c15-9-11-3-1-2-4-12(11)17-10-14(19-13(17)18)5-7-16-8-6-14/h1-4,16H,5-10,15H2. The Labute approximate surface area is 112 Å². The molecule has 1 spiro atoms. The van der Waals surface area contributed by atoms with Gasteiger partial charge in [-0.25, -0.2) is 4.79 Å². The smallest absolute Gasteiger partial charge is 0.415 e. The average molecular weight is 261 g/mol. The molecular weight excluding hydrogens is 242 g/mol. The first-order chi connectivity index (χ1) is 9.24. The van der Waals surface area contributed by atoms with Gasteiger partial charge in [0, 0.05) is 19.4 Å². The van der Waals surface area contributed by atoms with E-state index >= 15 is 0 Å². The highest BCUT2D eigenvalue weighted by atomic mass is 16.6. The Morgan fingerprint density at radius 1 is 1.32 bits per heavy atom. The van der Waals surface area contributed by atoms with Gasteiger partial charge in [-0.05, 0) is 24.7 Å². The van der Waals surface area contributed by atoms with E-state index in [0.717, 1.165) is 37.2 Å². The largest absolute Gasteiger partial charge is 0.441 e. The number of hydrogen-bond acceptors (Lipinski definition) is 4. The molecule has 0 radical (unpaired) electrons. The third-order valence-electron chi connectivity index (χ3n) is 3.99. The summed E-state index contributed by atoms with van der Waals surface area (Å²) in [7, 11) is 0. The highest BCUT2D eigenvalue weighted by Gasteiger charge is 2.46. The Kier molecular flexibility index (Phi) is 3.16. The van der Waals surface area contributed by atoms with Crippen molar-refractivity contribution in [3.63, 3.8) is 0 Å². The lowest BCUT2D eigenvalue weighted by molar-refractivity contribution is 0.0316. The van der Waals surface area contributed by atoms with Gasteiger partial charge in [0.2, 0.25) is 0 Å². The van der Waals surface area contributed by atoms with Crippen molar-refractivity contribution in [1.82, 2.24) is 5.32 Å². The van der Waals surface area contributed by atoms with Crippen LogP contribution in [-0.2, 0) is 11.3 Å². The quantitative estimate of drug-likeness (QED) is 0.840. The van der Waals surface area contributed by atoms with E-state index in [-0.39, 0.29) is 11.7 Å². The van der Waals surface area contributed by atoms with Crippen LogP contribution in [0.1, 0.15) is 18.4 Å². The first kappa shape index (κ1) is 12.4. The van der Waals surface area contributed by atoms with Gasteiger partial charge < -0.3 is 15.8 Å². The second kappa shape index (κ2) is 4.83. The molecule has 0 aromatic heterocycles. The van der Waals surface area contributed by atoms with E-state index in [9.17, 15) is 4.79 Å². The molecule has 0 unspecified atom stereocenters. The van der Waals surface area contributed by atoms with Crippen molar-refractivity contribution in [2.24, 2.45) is 5.73 Å². The predicted octanol–water partition coefficient (Wildman–Crippen LogP) is 1.22. The molecule has 5 nitrogen and oxygen atoms in total. The number of anilines is 1. The molecule has 1 amide bonds. The van der Waals surface area contributed by atoms with Crippen molar-refractivity contribution in [2.75, 3.05) is 24.5 Å². The van der Waals surface area contributed by atoms with Gasteiger partial charge in [0.15, 0.2) is 0 Å². The van der Waals surface area contributed by atoms with Crippen molar-refractivity contribution in [3.05, 3.63) is 29.8 Å². The van der Waals surface area contributed by atoms with Gasteiger partial charge in [-0.2, -0.15) is 0 Å². The molecule has 2 saturated heterocycles. The molecule has 3 rings (SSSR count). The number of carbonyl (C=O) groups is 1. The minimum atomic E-state index is -0.315. The number of hydrogen-bond donors (Lipinski definition) is 2. The summed E-state index contributed by atoms with van der Waals surface area (Å²) < 4.78 is 5.66. The monoisotopic (exact) mass is 261 g/mol. The van der Waals surface area contributed by atoms with E-state index in [0.29, 0.717) is 13.1 Å². The molecule has 1 aromatic rings. The Balaban J connectivity index is 1.87. The van der Waals surface area contributed by atoms with Crippen molar-refractivity contribution in [2.45, 2.75) is 25.0 Å². The molecule has 0 atom stereocenters. The van der Waals surface area contributed by atoms with Gasteiger partial charge >= 0.3 is 6.09 Å². The maximum atomic E-state index is 12.2. The summed E-state index contributed by atoms with van der Waals surface area (Å²) in [5, 5.41) is 3.30. The minimum absolute atomic E-state index is 0.247. The molecule has 1 aromatic carbocycles. The van der Waals surface area contributed by atoms with Crippen LogP contribution in [0.5, 0.6) is 0 Å². The Morgan fingerprint density at radius 2 is 2.05 bits per heavy atom. The fourth-order valence-electron chi connectivity index (χ4n) is 2.90. The van der Waals surface area contributed by atoms with Crippen LogP contribution in [0.25, 0.3) is 0 Å². The van der Waals surface area contributed by atoms with Crippen LogP contribution in [0.2, 0.25) is 0 Å². The van der Waals surface area contributed by atoms with E-state index in [1.54, 1.807) is 4.90 Å². The highest BCUT2D eigenvalue weighted by Crippen LogP contribution is 2.35. The lowest BCUT2D eigenvalue weighted by atomic mass is 9.92.